The summed E-state index contributed by atoms with van der Waals surface area (Å²) in [6, 6.07) is 20.1. The number of carbonyl (C=O) groups is 2. The molecule has 0 aliphatic carbocycles. The molecule has 0 aromatic heterocycles. The third-order valence-corrected chi connectivity index (χ3v) is 10.1. The Morgan fingerprint density at radius 2 is 1.28 bits per heavy atom. The average molecular weight is 717 g/mol. The highest BCUT2D eigenvalue weighted by Gasteiger charge is 2.27. The van der Waals surface area contributed by atoms with E-state index in [2.05, 4.69) is 32.1 Å². The molecular weight excluding hydrogens is 659 g/mol. The Morgan fingerprint density at radius 1 is 0.840 bits per heavy atom. The van der Waals surface area contributed by atoms with Crippen molar-refractivity contribution in [2.75, 3.05) is 33.2 Å². The maximum Gasteiger partial charge on any atom is 0.373 e. The number of Topliss-reactive ketones (excluding diaryl/α,β-unsaturated/α-hetero) is 1. The molecule has 0 saturated carbocycles. The van der Waals surface area contributed by atoms with Gasteiger partial charge in [-0.3, -0.25) is 4.79 Å². The number of allylic oxidation sites excluding steroid dienone is 2. The van der Waals surface area contributed by atoms with Gasteiger partial charge in [0.1, 0.15) is 11.4 Å². The van der Waals surface area contributed by atoms with Crippen LogP contribution in [0.4, 0.5) is 0 Å². The van der Waals surface area contributed by atoms with Crippen LogP contribution in [0, 0.1) is 0 Å². The van der Waals surface area contributed by atoms with Crippen molar-refractivity contribution in [3.8, 4) is 0 Å². The Bertz CT molecular complexity index is 1340. The Balaban J connectivity index is 0.000000372. The molecule has 2 fully saturated rings. The van der Waals surface area contributed by atoms with Gasteiger partial charge in [-0.2, -0.15) is 9.59 Å². The molecule has 0 amide bonds. The highest BCUT2D eigenvalue weighted by Crippen LogP contribution is 2.42. The molecule has 2 aliphatic heterocycles. The highest BCUT2D eigenvalue weighted by atomic mass is 31.2. The van der Waals surface area contributed by atoms with Gasteiger partial charge in [-0.25, -0.2) is 0 Å². The molecule has 2 aromatic carbocycles. The second-order valence-corrected chi connectivity index (χ2v) is 16.1. The maximum atomic E-state index is 11.3. The molecule has 2 heterocycles. The normalized spacial score (nSPS) is 20.9. The molecule has 0 radical (unpaired) electrons. The van der Waals surface area contributed by atoms with Crippen molar-refractivity contribution >= 4 is 25.0 Å². The number of ketones is 1. The Labute approximate surface area is 298 Å². The lowest BCUT2D eigenvalue weighted by Crippen LogP contribution is -2.27. The van der Waals surface area contributed by atoms with Crippen LogP contribution in [0.15, 0.2) is 72.3 Å². The Hall–Kier alpha value is -3.23. The fourth-order valence-electron chi connectivity index (χ4n) is 4.89. The van der Waals surface area contributed by atoms with Crippen molar-refractivity contribution < 1.29 is 47.4 Å². The number of benzene rings is 2. The van der Waals surface area contributed by atoms with E-state index in [1.807, 2.05) is 48.5 Å². The average Bonchev–Trinajstić information content (AvgIpc) is 3.11. The van der Waals surface area contributed by atoms with Gasteiger partial charge in [0, 0.05) is 17.5 Å². The molecule has 0 N–H and O–H groups in total. The number of carbonyl (C=O) groups excluding carboxylic acids is 4. The van der Waals surface area contributed by atoms with Crippen LogP contribution >= 0.6 is 7.14 Å². The lowest BCUT2D eigenvalue weighted by molar-refractivity contribution is -0.218. The summed E-state index contributed by atoms with van der Waals surface area (Å²) in [5, 5.41) is 0. The molecule has 0 bridgehead atoms. The van der Waals surface area contributed by atoms with Crippen LogP contribution in [0.2, 0.25) is 0 Å². The van der Waals surface area contributed by atoms with Gasteiger partial charge < -0.3 is 33.0 Å². The minimum absolute atomic E-state index is 0.137. The van der Waals surface area contributed by atoms with E-state index < -0.39 is 12.8 Å². The largest absolute Gasteiger partial charge is 0.465 e. The van der Waals surface area contributed by atoms with Crippen molar-refractivity contribution in [3.05, 3.63) is 83.4 Å². The molecule has 5 atom stereocenters. The van der Waals surface area contributed by atoms with Crippen LogP contribution in [0.25, 0.3) is 0 Å². The topological polar surface area (TPSA) is 132 Å². The van der Waals surface area contributed by atoms with Gasteiger partial charge in [-0.1, -0.05) is 79.2 Å². The predicted octanol–water partition coefficient (Wildman–Crippen LogP) is 8.46. The number of hydrogen-bond donors (Lipinski definition) is 0. The summed E-state index contributed by atoms with van der Waals surface area (Å²) in [4.78, 5) is 38.2. The van der Waals surface area contributed by atoms with Crippen LogP contribution in [0.5, 0.6) is 0 Å². The highest BCUT2D eigenvalue weighted by molar-refractivity contribution is 7.64. The van der Waals surface area contributed by atoms with Gasteiger partial charge in [0.05, 0.1) is 39.2 Å². The standard InChI is InChI=1S/C17H24O2.C14H18O3.C7H15O3P.CO2/c1-3-7-14(2)10-11-16-12-13-18-17(19-16)15-8-5-4-6-9-15;1-11(15)7-8-13-9-10-16-14(17-13)12-5-3-2-4-6-12;1-5-10-7(8)6(2)11(3,4)9;2-1-3/h4-9,16-17H,3,10-13H2,1-2H3;2-6,13-14H,7-10H2,1H3;6H,5H2,1-4H3;/t16-,17?;13-,14?;;/m00../s1. The fraction of sp³-hybridized carbons (Fsp3) is 0.564. The van der Waals surface area contributed by atoms with Crippen LogP contribution in [0.3, 0.4) is 0 Å². The summed E-state index contributed by atoms with van der Waals surface area (Å²) in [6.45, 7) is 14.4. The van der Waals surface area contributed by atoms with Crippen molar-refractivity contribution in [3.63, 3.8) is 0 Å². The van der Waals surface area contributed by atoms with Crippen molar-refractivity contribution in [2.24, 2.45) is 0 Å². The third kappa shape index (κ3) is 19.2. The van der Waals surface area contributed by atoms with E-state index in [1.165, 1.54) is 5.57 Å². The molecule has 2 saturated heterocycles. The first-order chi connectivity index (χ1) is 23.9. The number of esters is 1. The van der Waals surface area contributed by atoms with Gasteiger partial charge in [0.2, 0.25) is 0 Å². The summed E-state index contributed by atoms with van der Waals surface area (Å²) in [5.74, 6) is -0.141. The minimum Gasteiger partial charge on any atom is -0.465 e. The monoisotopic (exact) mass is 716 g/mol. The Kier molecular flexibility index (Phi) is 23.0. The number of rotatable bonds is 12. The zero-order valence-electron chi connectivity index (χ0n) is 30.8. The van der Waals surface area contributed by atoms with Crippen LogP contribution in [0.1, 0.15) is 103 Å². The Morgan fingerprint density at radius 3 is 1.66 bits per heavy atom. The molecule has 50 heavy (non-hydrogen) atoms. The first-order valence-corrected chi connectivity index (χ1v) is 20.0. The molecule has 3 unspecified atom stereocenters. The summed E-state index contributed by atoms with van der Waals surface area (Å²) >= 11 is 0. The van der Waals surface area contributed by atoms with Crippen molar-refractivity contribution in [2.45, 2.75) is 110 Å². The third-order valence-electron chi connectivity index (χ3n) is 7.99. The van der Waals surface area contributed by atoms with E-state index in [1.54, 1.807) is 34.1 Å². The molecule has 0 spiro atoms. The van der Waals surface area contributed by atoms with Gasteiger partial charge in [-0.15, -0.1) is 0 Å². The quantitative estimate of drug-likeness (QED) is 0.120. The first-order valence-electron chi connectivity index (χ1n) is 17.4. The van der Waals surface area contributed by atoms with Gasteiger partial charge in [-0.05, 0) is 79.5 Å². The zero-order valence-corrected chi connectivity index (χ0v) is 31.7. The SMILES string of the molecule is CC(=O)CC[C@H]1CCOC(c2ccccc2)O1.CCC=C(C)CC[C@H]1CCOC(c2ccccc2)O1.CCOC(=O)C(C)P(C)(C)=O.O=C=O. The summed E-state index contributed by atoms with van der Waals surface area (Å²) in [6.07, 6.45) is 9.14. The van der Waals surface area contributed by atoms with E-state index in [0.717, 1.165) is 56.3 Å². The van der Waals surface area contributed by atoms with E-state index in [9.17, 15) is 14.2 Å². The maximum absolute atomic E-state index is 11.3. The number of hydrogen-bond acceptors (Lipinski definition) is 10. The minimum atomic E-state index is -2.32. The van der Waals surface area contributed by atoms with Crippen molar-refractivity contribution in [1.29, 1.82) is 0 Å². The lowest BCUT2D eigenvalue weighted by Gasteiger charge is -2.30. The van der Waals surface area contributed by atoms with E-state index in [0.29, 0.717) is 25.7 Å². The van der Waals surface area contributed by atoms with Gasteiger partial charge in [0.25, 0.3) is 0 Å². The van der Waals surface area contributed by atoms with Crippen LogP contribution in [-0.2, 0) is 47.4 Å². The van der Waals surface area contributed by atoms with Crippen LogP contribution in [-0.4, -0.2) is 68.9 Å². The zero-order chi connectivity index (χ0) is 37.4. The molecule has 11 heteroatoms. The first kappa shape index (κ1) is 44.8. The molecule has 278 valence electrons. The molecule has 2 aromatic rings. The second-order valence-electron chi connectivity index (χ2n) is 12.5. The fourth-order valence-corrected chi connectivity index (χ4v) is 5.47. The number of ether oxygens (including phenoxy) is 5. The lowest BCUT2D eigenvalue weighted by atomic mass is 10.0. The van der Waals surface area contributed by atoms with E-state index >= 15 is 0 Å². The summed E-state index contributed by atoms with van der Waals surface area (Å²) < 4.78 is 39.3. The van der Waals surface area contributed by atoms with Gasteiger partial charge in [0.15, 0.2) is 12.6 Å². The summed E-state index contributed by atoms with van der Waals surface area (Å²) in [5.41, 5.74) is 3.16. The van der Waals surface area contributed by atoms with E-state index in [-0.39, 0.29) is 36.6 Å². The van der Waals surface area contributed by atoms with Crippen molar-refractivity contribution in [1.82, 2.24) is 0 Å². The smallest absolute Gasteiger partial charge is 0.373 e. The molecule has 4 rings (SSSR count). The molecule has 2 aliphatic rings. The summed E-state index contributed by atoms with van der Waals surface area (Å²) in [7, 11) is -2.32. The molecular formula is C39H57O10P. The molecule has 10 nitrogen and oxygen atoms in total. The van der Waals surface area contributed by atoms with Crippen LogP contribution < -0.4 is 0 Å². The van der Waals surface area contributed by atoms with E-state index in [4.69, 9.17) is 33.3 Å². The predicted molar refractivity (Wildman–Crippen MR) is 193 cm³/mol. The van der Waals surface area contributed by atoms with Gasteiger partial charge >= 0.3 is 12.1 Å². The second kappa shape index (κ2) is 25.7.